The van der Waals surface area contributed by atoms with E-state index in [2.05, 4.69) is 15.5 Å². The second-order valence-electron chi connectivity index (χ2n) is 6.06. The van der Waals surface area contributed by atoms with E-state index < -0.39 is 6.03 Å². The molecule has 0 atom stereocenters. The maximum Gasteiger partial charge on any atom is 0.328 e. The van der Waals surface area contributed by atoms with Gasteiger partial charge in [0.25, 0.3) is 5.89 Å². The first kappa shape index (κ1) is 17.2. The molecule has 0 unspecified atom stereocenters. The number of halogens is 1. The quantitative estimate of drug-likeness (QED) is 0.746. The highest BCUT2D eigenvalue weighted by atomic mass is 35.5. The summed E-state index contributed by atoms with van der Waals surface area (Å²) in [4.78, 5) is 29.5. The Kier molecular flexibility index (Phi) is 4.60. The van der Waals surface area contributed by atoms with E-state index in [9.17, 15) is 9.59 Å². The number of benzene rings is 2. The number of nitrogens with one attached hydrogen (secondary N) is 1. The molecule has 1 fully saturated rings. The van der Waals surface area contributed by atoms with Crippen LogP contribution in [0.25, 0.3) is 11.5 Å². The van der Waals surface area contributed by atoms with Crippen LogP contribution in [0.4, 0.5) is 10.5 Å². The lowest BCUT2D eigenvalue weighted by Crippen LogP contribution is -2.49. The standard InChI is InChI=1S/C19H15ClN4O3/c20-14-7-3-1-5-12(14)11-16-21-18(27-23-16)13-6-2-4-8-15(13)24-10-9-17(25)22-19(24)26/h1-8H,9-11H2,(H,22,25,26). The molecule has 3 aromatic rings. The number of anilines is 1. The molecule has 2 heterocycles. The number of nitrogens with zero attached hydrogens (tertiary/aromatic N) is 3. The highest BCUT2D eigenvalue weighted by Crippen LogP contribution is 2.31. The predicted octanol–water partition coefficient (Wildman–Crippen LogP) is 3.43. The van der Waals surface area contributed by atoms with E-state index in [4.69, 9.17) is 16.1 Å². The fraction of sp³-hybridized carbons (Fsp3) is 0.158. The predicted molar refractivity (Wildman–Crippen MR) is 99.5 cm³/mol. The van der Waals surface area contributed by atoms with E-state index >= 15 is 0 Å². The SMILES string of the molecule is O=C1CCN(c2ccccc2-c2nc(Cc3ccccc3Cl)no2)C(=O)N1. The van der Waals surface area contributed by atoms with Crippen molar-refractivity contribution in [3.8, 4) is 11.5 Å². The van der Waals surface area contributed by atoms with Gasteiger partial charge in [-0.05, 0) is 23.8 Å². The third kappa shape index (κ3) is 3.54. The number of carbonyl (C=O) groups is 2. The van der Waals surface area contributed by atoms with E-state index in [-0.39, 0.29) is 12.3 Å². The Balaban J connectivity index is 1.63. The Labute approximate surface area is 159 Å². The van der Waals surface area contributed by atoms with Crippen LogP contribution in [0.2, 0.25) is 5.02 Å². The first-order chi connectivity index (χ1) is 13.1. The van der Waals surface area contributed by atoms with Crippen molar-refractivity contribution in [1.29, 1.82) is 0 Å². The normalized spacial score (nSPS) is 14.3. The Morgan fingerprint density at radius 1 is 1.11 bits per heavy atom. The van der Waals surface area contributed by atoms with Gasteiger partial charge in [-0.15, -0.1) is 0 Å². The van der Waals surface area contributed by atoms with Gasteiger partial charge in [-0.25, -0.2) is 4.79 Å². The zero-order valence-electron chi connectivity index (χ0n) is 14.2. The molecule has 1 N–H and O–H groups in total. The van der Waals surface area contributed by atoms with Crippen LogP contribution in [0, 0.1) is 0 Å². The number of urea groups is 1. The van der Waals surface area contributed by atoms with Crippen LogP contribution in [-0.4, -0.2) is 28.6 Å². The molecule has 1 saturated heterocycles. The maximum absolute atomic E-state index is 12.2. The van der Waals surface area contributed by atoms with Crippen LogP contribution in [0.15, 0.2) is 53.1 Å². The monoisotopic (exact) mass is 382 g/mol. The smallest absolute Gasteiger partial charge is 0.328 e. The Morgan fingerprint density at radius 3 is 2.70 bits per heavy atom. The summed E-state index contributed by atoms with van der Waals surface area (Å²) in [5.41, 5.74) is 2.13. The number of imide groups is 1. The molecule has 1 aliphatic heterocycles. The maximum atomic E-state index is 12.2. The van der Waals surface area contributed by atoms with Gasteiger partial charge in [0, 0.05) is 24.4 Å². The zero-order chi connectivity index (χ0) is 18.8. The van der Waals surface area contributed by atoms with Crippen molar-refractivity contribution in [1.82, 2.24) is 15.5 Å². The zero-order valence-corrected chi connectivity index (χ0v) is 14.9. The summed E-state index contributed by atoms with van der Waals surface area (Å²) in [6.45, 7) is 0.294. The first-order valence-corrected chi connectivity index (χ1v) is 8.76. The summed E-state index contributed by atoms with van der Waals surface area (Å²) in [6, 6.07) is 14.2. The van der Waals surface area contributed by atoms with E-state index in [1.807, 2.05) is 36.4 Å². The van der Waals surface area contributed by atoms with Crippen molar-refractivity contribution in [3.05, 3.63) is 64.9 Å². The number of carbonyl (C=O) groups excluding carboxylic acids is 2. The molecule has 0 spiro atoms. The largest absolute Gasteiger partial charge is 0.334 e. The average Bonchev–Trinajstić information content (AvgIpc) is 3.12. The average molecular weight is 383 g/mol. The number of amides is 3. The lowest BCUT2D eigenvalue weighted by molar-refractivity contribution is -0.120. The van der Waals surface area contributed by atoms with Crippen molar-refractivity contribution in [3.63, 3.8) is 0 Å². The summed E-state index contributed by atoms with van der Waals surface area (Å²) in [6.07, 6.45) is 0.672. The van der Waals surface area contributed by atoms with Crippen LogP contribution in [0.1, 0.15) is 17.8 Å². The molecule has 2 aromatic carbocycles. The van der Waals surface area contributed by atoms with Gasteiger partial charge >= 0.3 is 6.03 Å². The molecule has 0 aliphatic carbocycles. The fourth-order valence-corrected chi connectivity index (χ4v) is 3.13. The molecule has 8 heteroatoms. The van der Waals surface area contributed by atoms with Crippen molar-refractivity contribution < 1.29 is 14.1 Å². The summed E-state index contributed by atoms with van der Waals surface area (Å²) in [5.74, 6) is 0.511. The van der Waals surface area contributed by atoms with Crippen molar-refractivity contribution >= 4 is 29.2 Å². The van der Waals surface area contributed by atoms with E-state index in [0.717, 1.165) is 5.56 Å². The lowest BCUT2D eigenvalue weighted by Gasteiger charge is -2.27. The molecular weight excluding hydrogens is 368 g/mol. The topological polar surface area (TPSA) is 88.3 Å². The lowest BCUT2D eigenvalue weighted by atomic mass is 10.1. The van der Waals surface area contributed by atoms with Gasteiger partial charge in [-0.1, -0.05) is 47.1 Å². The van der Waals surface area contributed by atoms with Crippen LogP contribution in [0.3, 0.4) is 0 Å². The molecule has 7 nitrogen and oxygen atoms in total. The second kappa shape index (κ2) is 7.20. The molecule has 0 bridgehead atoms. The summed E-state index contributed by atoms with van der Waals surface area (Å²) in [5, 5.41) is 6.98. The van der Waals surface area contributed by atoms with Crippen LogP contribution < -0.4 is 10.2 Å². The van der Waals surface area contributed by atoms with Gasteiger partial charge in [-0.3, -0.25) is 15.0 Å². The second-order valence-corrected chi connectivity index (χ2v) is 6.46. The van der Waals surface area contributed by atoms with Crippen LogP contribution in [0.5, 0.6) is 0 Å². The summed E-state index contributed by atoms with van der Waals surface area (Å²) in [7, 11) is 0. The van der Waals surface area contributed by atoms with E-state index in [1.54, 1.807) is 12.1 Å². The van der Waals surface area contributed by atoms with Crippen molar-refractivity contribution in [2.75, 3.05) is 11.4 Å². The summed E-state index contributed by atoms with van der Waals surface area (Å²) < 4.78 is 5.42. The molecule has 3 amide bonds. The molecule has 4 rings (SSSR count). The van der Waals surface area contributed by atoms with Gasteiger partial charge in [0.2, 0.25) is 5.91 Å². The third-order valence-electron chi connectivity index (χ3n) is 4.25. The number of rotatable bonds is 4. The highest BCUT2D eigenvalue weighted by molar-refractivity contribution is 6.31. The number of aromatic nitrogens is 2. The molecule has 27 heavy (non-hydrogen) atoms. The van der Waals surface area contributed by atoms with E-state index in [0.29, 0.717) is 41.0 Å². The molecule has 1 aromatic heterocycles. The van der Waals surface area contributed by atoms with Gasteiger partial charge in [-0.2, -0.15) is 4.98 Å². The van der Waals surface area contributed by atoms with Gasteiger partial charge in [0.15, 0.2) is 5.82 Å². The molecule has 136 valence electrons. The van der Waals surface area contributed by atoms with Crippen LogP contribution in [-0.2, 0) is 11.2 Å². The molecular formula is C19H15ClN4O3. The Morgan fingerprint density at radius 2 is 1.89 bits per heavy atom. The summed E-state index contributed by atoms with van der Waals surface area (Å²) >= 11 is 6.19. The Hall–Kier alpha value is -3.19. The van der Waals surface area contributed by atoms with E-state index in [1.165, 1.54) is 4.90 Å². The van der Waals surface area contributed by atoms with Gasteiger partial charge < -0.3 is 4.52 Å². The van der Waals surface area contributed by atoms with Gasteiger partial charge in [0.05, 0.1) is 11.3 Å². The van der Waals surface area contributed by atoms with Crippen LogP contribution >= 0.6 is 11.6 Å². The fourth-order valence-electron chi connectivity index (χ4n) is 2.93. The minimum absolute atomic E-state index is 0.238. The van der Waals surface area contributed by atoms with Crippen molar-refractivity contribution in [2.24, 2.45) is 0 Å². The molecule has 1 aliphatic rings. The number of hydrogen-bond acceptors (Lipinski definition) is 5. The highest BCUT2D eigenvalue weighted by Gasteiger charge is 2.27. The molecule has 0 saturated carbocycles. The van der Waals surface area contributed by atoms with Gasteiger partial charge in [0.1, 0.15) is 0 Å². The first-order valence-electron chi connectivity index (χ1n) is 8.38. The minimum Gasteiger partial charge on any atom is -0.334 e. The molecule has 0 radical (unpaired) electrons. The minimum atomic E-state index is -0.463. The number of para-hydroxylation sites is 1. The third-order valence-corrected chi connectivity index (χ3v) is 4.62. The van der Waals surface area contributed by atoms with Crippen molar-refractivity contribution in [2.45, 2.75) is 12.8 Å². The Bertz CT molecular complexity index is 1020. The number of hydrogen-bond donors (Lipinski definition) is 1.